The Morgan fingerprint density at radius 2 is 2.58 bits per heavy atom. The third-order valence-electron chi connectivity index (χ3n) is 1.57. The van der Waals surface area contributed by atoms with E-state index >= 15 is 0 Å². The highest BCUT2D eigenvalue weighted by molar-refractivity contribution is 7.10. The summed E-state index contributed by atoms with van der Waals surface area (Å²) in [6.07, 6.45) is 0. The molecule has 0 amide bonds. The van der Waals surface area contributed by atoms with Crippen molar-refractivity contribution in [3.05, 3.63) is 34.0 Å². The van der Waals surface area contributed by atoms with Gasteiger partial charge in [0.25, 0.3) is 0 Å². The van der Waals surface area contributed by atoms with Crippen LogP contribution in [0.4, 0.5) is 0 Å². The molecule has 66 valence electrons. The maximum Gasteiger partial charge on any atom is 0.0389 e. The van der Waals surface area contributed by atoms with E-state index in [2.05, 4.69) is 30.3 Å². The van der Waals surface area contributed by atoms with E-state index in [4.69, 9.17) is 11.6 Å². The average molecular weight is 202 g/mol. The zero-order valence-electron chi connectivity index (χ0n) is 7.01. The fraction of sp³-hybridized carbons (Fsp3) is 0.333. The molecule has 1 nitrogen and oxygen atoms in total. The zero-order chi connectivity index (χ0) is 8.97. The number of thiophene rings is 1. The molecule has 1 heterocycles. The van der Waals surface area contributed by atoms with E-state index in [1.54, 1.807) is 11.3 Å². The number of rotatable bonds is 4. The second kappa shape index (κ2) is 4.65. The quantitative estimate of drug-likeness (QED) is 0.789. The zero-order valence-corrected chi connectivity index (χ0v) is 8.58. The molecule has 0 aromatic carbocycles. The Bertz CT molecular complexity index is 243. The molecule has 0 fully saturated rings. The van der Waals surface area contributed by atoms with Crippen molar-refractivity contribution in [1.82, 2.24) is 5.32 Å². The number of halogens is 1. The normalized spacial score (nSPS) is 12.8. The van der Waals surface area contributed by atoms with E-state index < -0.39 is 0 Å². The van der Waals surface area contributed by atoms with Gasteiger partial charge in [-0.1, -0.05) is 24.2 Å². The molecule has 0 spiro atoms. The molecule has 0 radical (unpaired) electrons. The molecular formula is C9H12ClNS. The van der Waals surface area contributed by atoms with E-state index in [0.29, 0.717) is 17.6 Å². The minimum Gasteiger partial charge on any atom is -0.304 e. The third-order valence-corrected chi connectivity index (χ3v) is 2.76. The molecule has 0 unspecified atom stereocenters. The molecular weight excluding hydrogens is 190 g/mol. The van der Waals surface area contributed by atoms with Crippen LogP contribution < -0.4 is 5.32 Å². The van der Waals surface area contributed by atoms with Crippen molar-refractivity contribution in [1.29, 1.82) is 0 Å². The Morgan fingerprint density at radius 3 is 3.08 bits per heavy atom. The summed E-state index contributed by atoms with van der Waals surface area (Å²) in [4.78, 5) is 1.33. The van der Waals surface area contributed by atoms with Crippen LogP contribution in [-0.2, 0) is 0 Å². The minimum atomic E-state index is 0.362. The van der Waals surface area contributed by atoms with Crippen molar-refractivity contribution in [2.75, 3.05) is 6.54 Å². The van der Waals surface area contributed by atoms with Crippen molar-refractivity contribution in [2.45, 2.75) is 13.0 Å². The summed E-state index contributed by atoms with van der Waals surface area (Å²) in [7, 11) is 0. The van der Waals surface area contributed by atoms with Gasteiger partial charge in [0, 0.05) is 22.5 Å². The van der Waals surface area contributed by atoms with Crippen LogP contribution in [0.5, 0.6) is 0 Å². The second-order valence-electron chi connectivity index (χ2n) is 2.64. The van der Waals surface area contributed by atoms with E-state index in [1.165, 1.54) is 4.88 Å². The molecule has 1 rings (SSSR count). The molecule has 3 heteroatoms. The van der Waals surface area contributed by atoms with Gasteiger partial charge >= 0.3 is 0 Å². The molecule has 0 aliphatic heterocycles. The Hall–Kier alpha value is -0.310. The van der Waals surface area contributed by atoms with Crippen LogP contribution in [0.3, 0.4) is 0 Å². The average Bonchev–Trinajstić information content (AvgIpc) is 2.51. The summed E-state index contributed by atoms with van der Waals surface area (Å²) < 4.78 is 0. The van der Waals surface area contributed by atoms with Gasteiger partial charge in [0.1, 0.15) is 0 Å². The molecule has 1 aromatic rings. The van der Waals surface area contributed by atoms with Gasteiger partial charge in [-0.3, -0.25) is 0 Å². The summed E-state index contributed by atoms with van der Waals surface area (Å²) in [6.45, 7) is 6.40. The highest BCUT2D eigenvalue weighted by Crippen LogP contribution is 2.18. The van der Waals surface area contributed by atoms with Gasteiger partial charge in [-0.2, -0.15) is 0 Å². The number of nitrogens with one attached hydrogen (secondary N) is 1. The summed E-state index contributed by atoms with van der Waals surface area (Å²) in [6, 6.07) is 4.52. The molecule has 0 aliphatic carbocycles. The summed E-state index contributed by atoms with van der Waals surface area (Å²) in [5.41, 5.74) is 0. The monoisotopic (exact) mass is 201 g/mol. The second-order valence-corrected chi connectivity index (χ2v) is 4.15. The molecule has 0 saturated carbocycles. The minimum absolute atomic E-state index is 0.362. The standard InChI is InChI=1S/C9H12ClNS/c1-7(10)6-11-8(2)9-4-3-5-12-9/h3-5,8,11H,1,6H2,2H3/t8-/m0/s1. The van der Waals surface area contributed by atoms with Gasteiger partial charge in [0.05, 0.1) is 0 Å². The van der Waals surface area contributed by atoms with Gasteiger partial charge in [-0.05, 0) is 18.4 Å². The van der Waals surface area contributed by atoms with Gasteiger partial charge < -0.3 is 5.32 Å². The lowest BCUT2D eigenvalue weighted by Gasteiger charge is -2.10. The first-order valence-electron chi connectivity index (χ1n) is 3.80. The van der Waals surface area contributed by atoms with Crippen LogP contribution in [0.2, 0.25) is 0 Å². The maximum atomic E-state index is 5.63. The van der Waals surface area contributed by atoms with Crippen LogP contribution in [0, 0.1) is 0 Å². The fourth-order valence-electron chi connectivity index (χ4n) is 0.902. The molecule has 1 atom stereocenters. The van der Waals surface area contributed by atoms with Gasteiger partial charge in [0.2, 0.25) is 0 Å². The topological polar surface area (TPSA) is 12.0 Å². The lowest BCUT2D eigenvalue weighted by Crippen LogP contribution is -2.18. The summed E-state index contributed by atoms with van der Waals surface area (Å²) in [5, 5.41) is 5.99. The van der Waals surface area contributed by atoms with Gasteiger partial charge in [0.15, 0.2) is 0 Å². The highest BCUT2D eigenvalue weighted by atomic mass is 35.5. The van der Waals surface area contributed by atoms with Gasteiger partial charge in [-0.25, -0.2) is 0 Å². The van der Waals surface area contributed by atoms with Gasteiger partial charge in [-0.15, -0.1) is 11.3 Å². The summed E-state index contributed by atoms with van der Waals surface area (Å²) >= 11 is 7.38. The Labute approximate surface area is 82.1 Å². The molecule has 1 aromatic heterocycles. The number of hydrogen-bond donors (Lipinski definition) is 1. The van der Waals surface area contributed by atoms with Crippen molar-refractivity contribution in [3.63, 3.8) is 0 Å². The SMILES string of the molecule is C=C(Cl)CN[C@@H](C)c1cccs1. The molecule has 0 bridgehead atoms. The van der Waals surface area contributed by atoms with Crippen LogP contribution in [0.15, 0.2) is 29.1 Å². The predicted octanol–water partition coefficient (Wildman–Crippen LogP) is 3.15. The first kappa shape index (κ1) is 9.78. The highest BCUT2D eigenvalue weighted by Gasteiger charge is 2.04. The first-order valence-corrected chi connectivity index (χ1v) is 5.06. The lowest BCUT2D eigenvalue weighted by atomic mass is 10.3. The van der Waals surface area contributed by atoms with Crippen molar-refractivity contribution in [3.8, 4) is 0 Å². The van der Waals surface area contributed by atoms with Crippen LogP contribution in [0.1, 0.15) is 17.8 Å². The van der Waals surface area contributed by atoms with Crippen LogP contribution in [-0.4, -0.2) is 6.54 Å². The Morgan fingerprint density at radius 1 is 1.83 bits per heavy atom. The van der Waals surface area contributed by atoms with Crippen molar-refractivity contribution < 1.29 is 0 Å². The maximum absolute atomic E-state index is 5.63. The Kier molecular flexibility index (Phi) is 3.79. The predicted molar refractivity (Wildman–Crippen MR) is 55.7 cm³/mol. The smallest absolute Gasteiger partial charge is 0.0389 e. The van der Waals surface area contributed by atoms with Crippen molar-refractivity contribution >= 4 is 22.9 Å². The van der Waals surface area contributed by atoms with Crippen molar-refractivity contribution in [2.24, 2.45) is 0 Å². The first-order chi connectivity index (χ1) is 5.70. The lowest BCUT2D eigenvalue weighted by molar-refractivity contribution is 0.624. The molecule has 1 N–H and O–H groups in total. The van der Waals surface area contributed by atoms with E-state index in [0.717, 1.165) is 0 Å². The van der Waals surface area contributed by atoms with Crippen LogP contribution in [0.25, 0.3) is 0 Å². The number of hydrogen-bond acceptors (Lipinski definition) is 2. The molecule has 12 heavy (non-hydrogen) atoms. The third kappa shape index (κ3) is 2.97. The van der Waals surface area contributed by atoms with E-state index in [-0.39, 0.29) is 0 Å². The molecule has 0 saturated heterocycles. The Balaban J connectivity index is 2.39. The van der Waals surface area contributed by atoms with Crippen LogP contribution >= 0.6 is 22.9 Å². The largest absolute Gasteiger partial charge is 0.304 e. The van der Waals surface area contributed by atoms with E-state index in [1.807, 2.05) is 6.07 Å². The molecule has 0 aliphatic rings. The summed E-state index contributed by atoms with van der Waals surface area (Å²) in [5.74, 6) is 0. The van der Waals surface area contributed by atoms with E-state index in [9.17, 15) is 0 Å². The fourth-order valence-corrected chi connectivity index (χ4v) is 1.74.